The fourth-order valence-electron chi connectivity index (χ4n) is 6.29. The Morgan fingerprint density at radius 1 is 1.00 bits per heavy atom. The molecule has 6 nitrogen and oxygen atoms in total. The van der Waals surface area contributed by atoms with Gasteiger partial charge >= 0.3 is 0 Å². The van der Waals surface area contributed by atoms with E-state index >= 15 is 0 Å². The lowest BCUT2D eigenvalue weighted by Crippen LogP contribution is -2.50. The van der Waals surface area contributed by atoms with Crippen LogP contribution in [0.3, 0.4) is 0 Å². The largest absolute Gasteiger partial charge is 0.396 e. The van der Waals surface area contributed by atoms with Crippen LogP contribution in [0, 0.1) is 11.8 Å². The molecule has 3 aliphatic rings. The summed E-state index contributed by atoms with van der Waals surface area (Å²) < 4.78 is 0. The predicted octanol–water partition coefficient (Wildman–Crippen LogP) is 4.19. The fraction of sp³-hybridized carbons (Fsp3) is 0.500. The Hall–Kier alpha value is -2.86. The number of amides is 2. The van der Waals surface area contributed by atoms with Gasteiger partial charge in [0.25, 0.3) is 0 Å². The van der Waals surface area contributed by atoms with Gasteiger partial charge in [-0.25, -0.2) is 0 Å². The minimum atomic E-state index is -0.178. The van der Waals surface area contributed by atoms with E-state index in [0.717, 1.165) is 44.3 Å². The summed E-state index contributed by atoms with van der Waals surface area (Å²) in [5.74, 6) is 0.253. The van der Waals surface area contributed by atoms with Crippen LogP contribution in [-0.2, 0) is 9.59 Å². The molecule has 1 saturated carbocycles. The van der Waals surface area contributed by atoms with Crippen LogP contribution in [0.4, 0.5) is 5.69 Å². The van der Waals surface area contributed by atoms with Crippen LogP contribution >= 0.6 is 0 Å². The zero-order chi connectivity index (χ0) is 23.5. The van der Waals surface area contributed by atoms with Crippen LogP contribution in [0.25, 0.3) is 0 Å². The molecule has 0 spiro atoms. The average Bonchev–Trinajstić information content (AvgIpc) is 3.33. The van der Waals surface area contributed by atoms with Crippen LogP contribution in [-0.4, -0.2) is 41.0 Å². The van der Waals surface area contributed by atoms with Crippen LogP contribution in [0.1, 0.15) is 68.2 Å². The van der Waals surface area contributed by atoms with Gasteiger partial charge in [0.1, 0.15) is 0 Å². The monoisotopic (exact) mass is 461 g/mol. The van der Waals surface area contributed by atoms with E-state index in [2.05, 4.69) is 64.1 Å². The van der Waals surface area contributed by atoms with Gasteiger partial charge in [0.05, 0.1) is 18.0 Å². The minimum absolute atomic E-state index is 0.00726. The minimum Gasteiger partial charge on any atom is -0.396 e. The standard InChI is InChI=1S/C28H35N3O3/c32-18-8-15-25(33)29-24-14-7-5-12-21(24)28(34)31-17-16-22-26(19-9-2-1-3-10-19)30-23-13-6-4-11-20(23)27(22)31/h1-4,6,9-11,13,21-22,24,26-27,30,32H,5,7-8,12,14-18H2,(H,29,33)/t21-,22+,24+,26-,27-/m0/s1. The molecule has 2 aliphatic heterocycles. The lowest BCUT2D eigenvalue weighted by molar-refractivity contribution is -0.139. The molecular formula is C28H35N3O3. The van der Waals surface area contributed by atoms with E-state index < -0.39 is 0 Å². The normalized spacial score (nSPS) is 27.9. The third kappa shape index (κ3) is 4.43. The molecule has 2 fully saturated rings. The van der Waals surface area contributed by atoms with E-state index in [4.69, 9.17) is 5.11 Å². The van der Waals surface area contributed by atoms with Gasteiger partial charge in [-0.05, 0) is 42.9 Å². The number of nitrogens with zero attached hydrogens (tertiary/aromatic N) is 1. The number of hydrogen-bond acceptors (Lipinski definition) is 4. The van der Waals surface area contributed by atoms with E-state index in [1.54, 1.807) is 0 Å². The number of hydrogen-bond donors (Lipinski definition) is 3. The molecule has 34 heavy (non-hydrogen) atoms. The molecule has 1 aliphatic carbocycles. The van der Waals surface area contributed by atoms with Crippen LogP contribution in [0.5, 0.6) is 0 Å². The maximum absolute atomic E-state index is 14.0. The zero-order valence-corrected chi connectivity index (χ0v) is 19.7. The van der Waals surface area contributed by atoms with E-state index in [1.165, 1.54) is 11.1 Å². The van der Waals surface area contributed by atoms with Gasteiger partial charge in [-0.2, -0.15) is 0 Å². The molecule has 3 N–H and O–H groups in total. The van der Waals surface area contributed by atoms with Crippen molar-refractivity contribution < 1.29 is 14.7 Å². The summed E-state index contributed by atoms with van der Waals surface area (Å²) in [7, 11) is 0. The molecule has 2 aromatic rings. The van der Waals surface area contributed by atoms with Crippen LogP contribution in [0.2, 0.25) is 0 Å². The van der Waals surface area contributed by atoms with Gasteiger partial charge in [-0.1, -0.05) is 61.4 Å². The lowest BCUT2D eigenvalue weighted by atomic mass is 9.79. The number of carbonyl (C=O) groups excluding carboxylic acids is 2. The van der Waals surface area contributed by atoms with Crippen molar-refractivity contribution in [2.45, 2.75) is 63.1 Å². The second kappa shape index (κ2) is 10.2. The van der Waals surface area contributed by atoms with Crippen molar-refractivity contribution in [3.05, 3.63) is 65.7 Å². The Kier molecular flexibility index (Phi) is 6.86. The van der Waals surface area contributed by atoms with Gasteiger partial charge in [0, 0.05) is 37.2 Å². The van der Waals surface area contributed by atoms with Gasteiger partial charge in [-0.15, -0.1) is 0 Å². The van der Waals surface area contributed by atoms with Crippen molar-refractivity contribution in [2.24, 2.45) is 11.8 Å². The molecule has 0 aromatic heterocycles. The van der Waals surface area contributed by atoms with Crippen LogP contribution in [0.15, 0.2) is 54.6 Å². The number of benzene rings is 2. The highest BCUT2D eigenvalue weighted by atomic mass is 16.3. The summed E-state index contributed by atoms with van der Waals surface area (Å²) in [6, 6.07) is 19.0. The maximum Gasteiger partial charge on any atom is 0.228 e. The van der Waals surface area contributed by atoms with Crippen molar-refractivity contribution in [3.63, 3.8) is 0 Å². The molecule has 1 saturated heterocycles. The first-order valence-electron chi connectivity index (χ1n) is 12.8. The zero-order valence-electron chi connectivity index (χ0n) is 19.7. The molecule has 5 atom stereocenters. The van der Waals surface area contributed by atoms with Gasteiger partial charge in [-0.3, -0.25) is 9.59 Å². The number of nitrogens with one attached hydrogen (secondary N) is 2. The third-order valence-corrected chi connectivity index (χ3v) is 7.90. The topological polar surface area (TPSA) is 81.7 Å². The van der Waals surface area contributed by atoms with Crippen molar-refractivity contribution in [1.29, 1.82) is 0 Å². The van der Waals surface area contributed by atoms with Crippen molar-refractivity contribution in [1.82, 2.24) is 10.2 Å². The number of carbonyl (C=O) groups is 2. The number of para-hydroxylation sites is 1. The van der Waals surface area contributed by atoms with Gasteiger partial charge in [0.15, 0.2) is 0 Å². The van der Waals surface area contributed by atoms with Crippen molar-refractivity contribution >= 4 is 17.5 Å². The molecular weight excluding hydrogens is 426 g/mol. The second-order valence-electron chi connectivity index (χ2n) is 9.94. The molecule has 0 bridgehead atoms. The molecule has 0 unspecified atom stereocenters. The van der Waals surface area contributed by atoms with Crippen molar-refractivity contribution in [2.75, 3.05) is 18.5 Å². The fourth-order valence-corrected chi connectivity index (χ4v) is 6.29. The number of likely N-dealkylation sites (tertiary alicyclic amines) is 1. The summed E-state index contributed by atoms with van der Waals surface area (Å²) in [5, 5.41) is 15.9. The molecule has 2 amide bonds. The maximum atomic E-state index is 14.0. The van der Waals surface area contributed by atoms with E-state index in [0.29, 0.717) is 18.8 Å². The highest BCUT2D eigenvalue weighted by molar-refractivity contribution is 5.83. The highest BCUT2D eigenvalue weighted by Crippen LogP contribution is 2.51. The second-order valence-corrected chi connectivity index (χ2v) is 9.94. The SMILES string of the molecule is O=C(CCCO)N[C@@H]1CCCC[C@@H]1C(=O)N1CC[C@@H]2[C@H](c3ccccc3)Nc3ccccc3[C@@H]21. The predicted molar refractivity (Wildman–Crippen MR) is 132 cm³/mol. The summed E-state index contributed by atoms with van der Waals surface area (Å²) >= 11 is 0. The molecule has 2 aromatic carbocycles. The number of fused-ring (bicyclic) bond motifs is 3. The molecule has 6 heteroatoms. The first kappa shape index (κ1) is 22.9. The average molecular weight is 462 g/mol. The van der Waals surface area contributed by atoms with E-state index in [1.807, 2.05) is 6.07 Å². The quantitative estimate of drug-likeness (QED) is 0.603. The number of anilines is 1. The molecule has 5 rings (SSSR count). The van der Waals surface area contributed by atoms with E-state index in [9.17, 15) is 9.59 Å². The molecule has 0 radical (unpaired) electrons. The summed E-state index contributed by atoms with van der Waals surface area (Å²) in [6.45, 7) is 0.752. The van der Waals surface area contributed by atoms with Gasteiger partial charge < -0.3 is 20.6 Å². The van der Waals surface area contributed by atoms with Gasteiger partial charge in [0.2, 0.25) is 11.8 Å². The van der Waals surface area contributed by atoms with Crippen molar-refractivity contribution in [3.8, 4) is 0 Å². The van der Waals surface area contributed by atoms with E-state index in [-0.39, 0.29) is 42.5 Å². The molecule has 2 heterocycles. The molecule has 180 valence electrons. The first-order chi connectivity index (χ1) is 16.7. The Labute approximate surface area is 201 Å². The number of aliphatic hydroxyl groups excluding tert-OH is 1. The highest BCUT2D eigenvalue weighted by Gasteiger charge is 2.48. The Morgan fingerprint density at radius 2 is 1.76 bits per heavy atom. The summed E-state index contributed by atoms with van der Waals surface area (Å²) in [4.78, 5) is 28.5. The summed E-state index contributed by atoms with van der Waals surface area (Å²) in [6.07, 6.45) is 5.43. The first-order valence-corrected chi connectivity index (χ1v) is 12.8. The smallest absolute Gasteiger partial charge is 0.228 e. The number of rotatable bonds is 6. The Balaban J connectivity index is 1.41. The lowest BCUT2D eigenvalue weighted by Gasteiger charge is -2.42. The summed E-state index contributed by atoms with van der Waals surface area (Å²) in [5.41, 5.74) is 3.56. The number of aliphatic hydroxyl groups is 1. The Bertz CT molecular complexity index is 1010. The Morgan fingerprint density at radius 3 is 2.59 bits per heavy atom. The third-order valence-electron chi connectivity index (χ3n) is 7.90. The van der Waals surface area contributed by atoms with Crippen LogP contribution < -0.4 is 10.6 Å².